The molecule has 0 saturated heterocycles. The predicted octanol–water partition coefficient (Wildman–Crippen LogP) is 0.826. The molecule has 3 N–H and O–H groups in total. The average Bonchev–Trinajstić information content (AvgIpc) is 1.98. The molecule has 0 aromatic rings. The lowest BCUT2D eigenvalue weighted by Gasteiger charge is -2.12. The third kappa shape index (κ3) is 6.19. The van der Waals surface area contributed by atoms with Gasteiger partial charge in [0, 0.05) is 0 Å². The van der Waals surface area contributed by atoms with Gasteiger partial charge < -0.3 is 11.1 Å². The van der Waals surface area contributed by atoms with E-state index in [1.54, 1.807) is 0 Å². The molecule has 0 aromatic heterocycles. The van der Waals surface area contributed by atoms with Crippen LogP contribution in [0.5, 0.6) is 0 Å². The Hall–Kier alpha value is -0.220. The minimum atomic E-state index is -2.26. The number of nitrogens with two attached hydrogens (primary N) is 1. The van der Waals surface area contributed by atoms with E-state index in [9.17, 15) is 8.78 Å². The fraction of sp³-hybridized carbons (Fsp3) is 1.00. The second-order valence-electron chi connectivity index (χ2n) is 2.56. The summed E-state index contributed by atoms with van der Waals surface area (Å²) in [6, 6.07) is 0. The van der Waals surface area contributed by atoms with E-state index < -0.39 is 6.43 Å². The molecule has 0 saturated carbocycles. The highest BCUT2D eigenvalue weighted by molar-refractivity contribution is 4.61. The Labute approximate surface area is 66.1 Å². The van der Waals surface area contributed by atoms with Crippen LogP contribution in [-0.4, -0.2) is 26.1 Å². The maximum atomic E-state index is 11.6. The van der Waals surface area contributed by atoms with E-state index in [1.165, 1.54) is 0 Å². The van der Waals surface area contributed by atoms with Crippen LogP contribution in [0.1, 0.15) is 13.3 Å². The van der Waals surface area contributed by atoms with Crippen molar-refractivity contribution in [2.24, 2.45) is 11.7 Å². The Morgan fingerprint density at radius 2 is 2.00 bits per heavy atom. The maximum Gasteiger partial charge on any atom is 0.250 e. The summed E-state index contributed by atoms with van der Waals surface area (Å²) >= 11 is 0. The van der Waals surface area contributed by atoms with Crippen LogP contribution in [0, 0.1) is 5.92 Å². The van der Waals surface area contributed by atoms with Crippen molar-refractivity contribution in [1.29, 1.82) is 0 Å². The molecule has 0 aliphatic heterocycles. The summed E-state index contributed by atoms with van der Waals surface area (Å²) in [6.07, 6.45) is -1.32. The fourth-order valence-electron chi connectivity index (χ4n) is 0.791. The summed E-state index contributed by atoms with van der Waals surface area (Å²) in [5, 5.41) is 2.66. The summed E-state index contributed by atoms with van der Waals surface area (Å²) in [6.45, 7) is 2.93. The molecule has 0 fully saturated rings. The van der Waals surface area contributed by atoms with Gasteiger partial charge in [-0.2, -0.15) is 0 Å². The van der Waals surface area contributed by atoms with E-state index in [0.717, 1.165) is 6.42 Å². The Balaban J connectivity index is 3.21. The molecule has 0 heterocycles. The minimum Gasteiger partial charge on any atom is -0.330 e. The van der Waals surface area contributed by atoms with Gasteiger partial charge in [0.1, 0.15) is 0 Å². The van der Waals surface area contributed by atoms with Gasteiger partial charge in [-0.1, -0.05) is 13.3 Å². The van der Waals surface area contributed by atoms with Crippen LogP contribution in [0.3, 0.4) is 0 Å². The second kappa shape index (κ2) is 6.49. The Kier molecular flexibility index (Phi) is 6.36. The van der Waals surface area contributed by atoms with Crippen LogP contribution in [0.4, 0.5) is 8.78 Å². The van der Waals surface area contributed by atoms with Crippen molar-refractivity contribution < 1.29 is 8.78 Å². The summed E-state index contributed by atoms with van der Waals surface area (Å²) in [4.78, 5) is 0. The molecule has 0 amide bonds. The molecular weight excluding hydrogens is 150 g/mol. The van der Waals surface area contributed by atoms with Gasteiger partial charge in [0.15, 0.2) is 0 Å². The van der Waals surface area contributed by atoms with Crippen LogP contribution in [0.15, 0.2) is 0 Å². The highest BCUT2D eigenvalue weighted by Gasteiger charge is 2.05. The van der Waals surface area contributed by atoms with Gasteiger partial charge in [0.2, 0.25) is 0 Å². The smallest absolute Gasteiger partial charge is 0.250 e. The molecule has 0 radical (unpaired) electrons. The molecule has 68 valence electrons. The maximum absolute atomic E-state index is 11.6. The van der Waals surface area contributed by atoms with E-state index in [0.29, 0.717) is 19.0 Å². The van der Waals surface area contributed by atoms with Crippen LogP contribution < -0.4 is 11.1 Å². The molecule has 1 atom stereocenters. The zero-order valence-electron chi connectivity index (χ0n) is 6.82. The highest BCUT2D eigenvalue weighted by atomic mass is 19.3. The first-order valence-electron chi connectivity index (χ1n) is 3.89. The first kappa shape index (κ1) is 10.8. The molecule has 1 unspecified atom stereocenters. The predicted molar refractivity (Wildman–Crippen MR) is 41.7 cm³/mol. The second-order valence-corrected chi connectivity index (χ2v) is 2.56. The van der Waals surface area contributed by atoms with E-state index in [-0.39, 0.29) is 6.54 Å². The molecule has 0 rings (SSSR count). The lowest BCUT2D eigenvalue weighted by atomic mass is 10.1. The number of hydrogen-bond acceptors (Lipinski definition) is 2. The third-order valence-corrected chi connectivity index (χ3v) is 1.64. The third-order valence-electron chi connectivity index (χ3n) is 1.64. The summed E-state index contributed by atoms with van der Waals surface area (Å²) < 4.78 is 23.2. The number of rotatable bonds is 6. The van der Waals surface area contributed by atoms with Crippen molar-refractivity contribution in [3.63, 3.8) is 0 Å². The number of halogens is 2. The Bertz CT molecular complexity index is 84.5. The van der Waals surface area contributed by atoms with Crippen LogP contribution in [0.25, 0.3) is 0 Å². The highest BCUT2D eigenvalue weighted by Crippen LogP contribution is 1.97. The van der Waals surface area contributed by atoms with Gasteiger partial charge in [-0.25, -0.2) is 8.78 Å². The molecule has 0 bridgehead atoms. The van der Waals surface area contributed by atoms with Crippen LogP contribution >= 0.6 is 0 Å². The first-order valence-corrected chi connectivity index (χ1v) is 3.89. The Morgan fingerprint density at radius 1 is 1.36 bits per heavy atom. The van der Waals surface area contributed by atoms with Crippen molar-refractivity contribution in [1.82, 2.24) is 5.32 Å². The molecule has 0 aliphatic carbocycles. The molecule has 2 nitrogen and oxygen atoms in total. The number of hydrogen-bond donors (Lipinski definition) is 2. The SMILES string of the molecule is CCC(CN)CNCC(F)F. The molecular formula is C7H16F2N2. The lowest BCUT2D eigenvalue weighted by Crippen LogP contribution is -2.30. The van der Waals surface area contributed by atoms with Gasteiger partial charge in [-0.3, -0.25) is 0 Å². The van der Waals surface area contributed by atoms with E-state index in [2.05, 4.69) is 5.32 Å². The minimum absolute atomic E-state index is 0.226. The van der Waals surface area contributed by atoms with Crippen molar-refractivity contribution in [3.05, 3.63) is 0 Å². The van der Waals surface area contributed by atoms with Crippen molar-refractivity contribution in [2.75, 3.05) is 19.6 Å². The average molecular weight is 166 g/mol. The van der Waals surface area contributed by atoms with Crippen molar-refractivity contribution in [3.8, 4) is 0 Å². The number of alkyl halides is 2. The van der Waals surface area contributed by atoms with E-state index in [4.69, 9.17) is 5.73 Å². The summed E-state index contributed by atoms with van der Waals surface area (Å²) in [7, 11) is 0. The standard InChI is InChI=1S/C7H16F2N2/c1-2-6(3-10)4-11-5-7(8)9/h6-7,11H,2-5,10H2,1H3. The fourth-order valence-corrected chi connectivity index (χ4v) is 0.791. The van der Waals surface area contributed by atoms with Crippen LogP contribution in [-0.2, 0) is 0 Å². The van der Waals surface area contributed by atoms with E-state index in [1.807, 2.05) is 6.92 Å². The largest absolute Gasteiger partial charge is 0.330 e. The molecule has 0 spiro atoms. The van der Waals surface area contributed by atoms with E-state index >= 15 is 0 Å². The zero-order valence-corrected chi connectivity index (χ0v) is 6.82. The molecule has 0 aliphatic rings. The topological polar surface area (TPSA) is 38.0 Å². The summed E-state index contributed by atoms with van der Waals surface area (Å²) in [5.41, 5.74) is 5.37. The van der Waals surface area contributed by atoms with Crippen LogP contribution in [0.2, 0.25) is 0 Å². The molecule has 4 heteroatoms. The zero-order chi connectivity index (χ0) is 8.69. The quantitative estimate of drug-likeness (QED) is 0.613. The lowest BCUT2D eigenvalue weighted by molar-refractivity contribution is 0.144. The van der Waals surface area contributed by atoms with Crippen molar-refractivity contribution in [2.45, 2.75) is 19.8 Å². The van der Waals surface area contributed by atoms with Gasteiger partial charge in [-0.05, 0) is 19.0 Å². The Morgan fingerprint density at radius 3 is 2.36 bits per heavy atom. The van der Waals surface area contributed by atoms with Gasteiger partial charge in [0.05, 0.1) is 6.54 Å². The molecule has 0 aromatic carbocycles. The number of nitrogens with one attached hydrogen (secondary N) is 1. The molecule has 11 heavy (non-hydrogen) atoms. The normalized spacial score (nSPS) is 13.9. The monoisotopic (exact) mass is 166 g/mol. The van der Waals surface area contributed by atoms with Gasteiger partial charge in [0.25, 0.3) is 6.43 Å². The van der Waals surface area contributed by atoms with Crippen molar-refractivity contribution >= 4 is 0 Å². The van der Waals surface area contributed by atoms with Gasteiger partial charge >= 0.3 is 0 Å². The summed E-state index contributed by atoms with van der Waals surface area (Å²) in [5.74, 6) is 0.328. The van der Waals surface area contributed by atoms with Gasteiger partial charge in [-0.15, -0.1) is 0 Å². The first-order chi connectivity index (χ1) is 5.20.